The van der Waals surface area contributed by atoms with Gasteiger partial charge in [-0.3, -0.25) is 4.79 Å². The molecule has 6 nitrogen and oxygen atoms in total. The van der Waals surface area contributed by atoms with Crippen LogP contribution in [0.25, 0.3) is 0 Å². The van der Waals surface area contributed by atoms with Crippen molar-refractivity contribution in [3.63, 3.8) is 0 Å². The molecule has 2 N–H and O–H groups in total. The van der Waals surface area contributed by atoms with Crippen LogP contribution < -0.4 is 10.1 Å². The van der Waals surface area contributed by atoms with Crippen molar-refractivity contribution in [3.8, 4) is 6.01 Å². The quantitative estimate of drug-likeness (QED) is 0.882. The number of anilines is 1. The summed E-state index contributed by atoms with van der Waals surface area (Å²) in [6.45, 7) is 0. The molecule has 1 aliphatic rings. The van der Waals surface area contributed by atoms with Crippen molar-refractivity contribution in [2.75, 3.05) is 12.4 Å². The molecule has 2 unspecified atom stereocenters. The highest BCUT2D eigenvalue weighted by Gasteiger charge is 2.31. The Morgan fingerprint density at radius 3 is 2.95 bits per heavy atom. The molecule has 1 aliphatic carbocycles. The van der Waals surface area contributed by atoms with E-state index < -0.39 is 11.9 Å². The van der Waals surface area contributed by atoms with Gasteiger partial charge in [-0.25, -0.2) is 4.98 Å². The van der Waals surface area contributed by atoms with Crippen LogP contribution in [0.4, 0.5) is 5.82 Å². The van der Waals surface area contributed by atoms with Crippen LogP contribution in [0.1, 0.15) is 25.7 Å². The van der Waals surface area contributed by atoms with Gasteiger partial charge in [-0.1, -0.05) is 24.4 Å². The largest absolute Gasteiger partial charge is 0.481 e. The lowest BCUT2D eigenvalue weighted by Crippen LogP contribution is -2.37. The molecule has 0 amide bonds. The molecule has 1 aromatic heterocycles. The number of rotatable bonds is 4. The molecule has 0 radical (unpaired) electrons. The highest BCUT2D eigenvalue weighted by molar-refractivity contribution is 6.32. The number of nitrogens with zero attached hydrogens (tertiary/aromatic N) is 2. The van der Waals surface area contributed by atoms with E-state index in [-0.39, 0.29) is 12.1 Å². The van der Waals surface area contributed by atoms with E-state index in [9.17, 15) is 9.90 Å². The average Bonchev–Trinajstić information content (AvgIpc) is 2.41. The summed E-state index contributed by atoms with van der Waals surface area (Å²) in [5.74, 6) is -0.771. The van der Waals surface area contributed by atoms with Crippen molar-refractivity contribution >= 4 is 23.4 Å². The van der Waals surface area contributed by atoms with Crippen LogP contribution in [0.15, 0.2) is 6.20 Å². The first-order valence-corrected chi connectivity index (χ1v) is 6.55. The second kappa shape index (κ2) is 6.06. The van der Waals surface area contributed by atoms with Crippen LogP contribution in [0.3, 0.4) is 0 Å². The number of aromatic nitrogens is 2. The van der Waals surface area contributed by atoms with Crippen molar-refractivity contribution in [1.82, 2.24) is 9.97 Å². The predicted octanol–water partition coefficient (Wildman–Crippen LogP) is 2.19. The number of aliphatic carboxylic acids is 1. The SMILES string of the molecule is COc1ncc(Cl)c(NC2CCCCC2C(=O)O)n1. The molecule has 2 atom stereocenters. The topological polar surface area (TPSA) is 84.3 Å². The number of methoxy groups -OCH3 is 1. The molecule has 0 spiro atoms. The molecule has 7 heteroatoms. The van der Waals surface area contributed by atoms with Gasteiger partial charge in [0.15, 0.2) is 5.82 Å². The Balaban J connectivity index is 2.16. The molecule has 0 saturated heterocycles. The zero-order chi connectivity index (χ0) is 13.8. The lowest BCUT2D eigenvalue weighted by Gasteiger charge is -2.29. The molecule has 1 heterocycles. The van der Waals surface area contributed by atoms with E-state index in [1.165, 1.54) is 13.3 Å². The number of nitrogens with one attached hydrogen (secondary N) is 1. The van der Waals surface area contributed by atoms with E-state index in [4.69, 9.17) is 16.3 Å². The minimum Gasteiger partial charge on any atom is -0.481 e. The summed E-state index contributed by atoms with van der Waals surface area (Å²) in [6, 6.07) is 0.0398. The average molecular weight is 286 g/mol. The fourth-order valence-electron chi connectivity index (χ4n) is 2.33. The molecule has 1 fully saturated rings. The number of hydrogen-bond donors (Lipinski definition) is 2. The Labute approximate surface area is 116 Å². The molecule has 0 aliphatic heterocycles. The molecule has 0 aromatic carbocycles. The maximum Gasteiger partial charge on any atom is 0.318 e. The Morgan fingerprint density at radius 1 is 1.53 bits per heavy atom. The van der Waals surface area contributed by atoms with E-state index in [2.05, 4.69) is 15.3 Å². The van der Waals surface area contributed by atoms with Gasteiger partial charge in [0.1, 0.15) is 5.02 Å². The van der Waals surface area contributed by atoms with E-state index in [1.54, 1.807) is 0 Å². The molecule has 19 heavy (non-hydrogen) atoms. The first-order valence-electron chi connectivity index (χ1n) is 6.17. The summed E-state index contributed by atoms with van der Waals surface area (Å²) in [5.41, 5.74) is 0. The Bertz CT molecular complexity index is 470. The van der Waals surface area contributed by atoms with E-state index >= 15 is 0 Å². The van der Waals surface area contributed by atoms with Crippen molar-refractivity contribution in [2.24, 2.45) is 5.92 Å². The van der Waals surface area contributed by atoms with Crippen LogP contribution >= 0.6 is 11.6 Å². The standard InChI is InChI=1S/C12H16ClN3O3/c1-19-12-14-6-8(13)10(16-12)15-9-5-3-2-4-7(9)11(17)18/h6-7,9H,2-5H2,1H3,(H,17,18)(H,14,15,16). The molecule has 2 rings (SSSR count). The van der Waals surface area contributed by atoms with Crippen molar-refractivity contribution < 1.29 is 14.6 Å². The highest BCUT2D eigenvalue weighted by Crippen LogP contribution is 2.29. The van der Waals surface area contributed by atoms with E-state index in [0.29, 0.717) is 17.3 Å². The van der Waals surface area contributed by atoms with Crippen LogP contribution in [-0.4, -0.2) is 34.2 Å². The third-order valence-electron chi connectivity index (χ3n) is 3.31. The minimum atomic E-state index is -0.783. The van der Waals surface area contributed by atoms with Gasteiger partial charge in [0.05, 0.1) is 19.2 Å². The number of carboxylic acids is 1. The number of carboxylic acid groups (broad SMARTS) is 1. The number of carbonyl (C=O) groups is 1. The zero-order valence-electron chi connectivity index (χ0n) is 10.6. The first-order chi connectivity index (χ1) is 9.11. The third-order valence-corrected chi connectivity index (χ3v) is 3.59. The Kier molecular flexibility index (Phi) is 4.42. The van der Waals surface area contributed by atoms with Gasteiger partial charge in [0.25, 0.3) is 0 Å². The summed E-state index contributed by atoms with van der Waals surface area (Å²) in [5, 5.41) is 12.7. The van der Waals surface area contributed by atoms with E-state index in [1.807, 2.05) is 0 Å². The molecule has 0 bridgehead atoms. The summed E-state index contributed by atoms with van der Waals surface area (Å²) in [6.07, 6.45) is 4.85. The third kappa shape index (κ3) is 3.26. The molecular formula is C12H16ClN3O3. The normalized spacial score (nSPS) is 22.8. The van der Waals surface area contributed by atoms with Crippen molar-refractivity contribution in [2.45, 2.75) is 31.7 Å². The summed E-state index contributed by atoms with van der Waals surface area (Å²) >= 11 is 6.01. The maximum atomic E-state index is 11.2. The minimum absolute atomic E-state index is 0.164. The van der Waals surface area contributed by atoms with Gasteiger partial charge >= 0.3 is 12.0 Å². The van der Waals surface area contributed by atoms with Crippen molar-refractivity contribution in [1.29, 1.82) is 0 Å². The lowest BCUT2D eigenvalue weighted by molar-refractivity contribution is -0.143. The smallest absolute Gasteiger partial charge is 0.318 e. The van der Waals surface area contributed by atoms with Gasteiger partial charge in [0, 0.05) is 6.04 Å². The Hall–Kier alpha value is -1.56. The summed E-state index contributed by atoms with van der Waals surface area (Å²) in [7, 11) is 1.47. The van der Waals surface area contributed by atoms with Gasteiger partial charge in [0.2, 0.25) is 0 Å². The maximum absolute atomic E-state index is 11.2. The van der Waals surface area contributed by atoms with Crippen LogP contribution in [0.5, 0.6) is 6.01 Å². The second-order valence-electron chi connectivity index (χ2n) is 4.53. The van der Waals surface area contributed by atoms with Crippen LogP contribution in [0, 0.1) is 5.92 Å². The van der Waals surface area contributed by atoms with Crippen LogP contribution in [0.2, 0.25) is 5.02 Å². The zero-order valence-corrected chi connectivity index (χ0v) is 11.4. The fourth-order valence-corrected chi connectivity index (χ4v) is 2.47. The number of halogens is 1. The van der Waals surface area contributed by atoms with Gasteiger partial charge in [-0.2, -0.15) is 4.98 Å². The fraction of sp³-hybridized carbons (Fsp3) is 0.583. The van der Waals surface area contributed by atoms with Crippen LogP contribution in [-0.2, 0) is 4.79 Å². The van der Waals surface area contributed by atoms with Crippen molar-refractivity contribution in [3.05, 3.63) is 11.2 Å². The van der Waals surface area contributed by atoms with Gasteiger partial charge < -0.3 is 15.2 Å². The second-order valence-corrected chi connectivity index (χ2v) is 4.94. The number of ether oxygens (including phenoxy) is 1. The first kappa shape index (κ1) is 13.9. The number of hydrogen-bond acceptors (Lipinski definition) is 5. The predicted molar refractivity (Wildman–Crippen MR) is 70.6 cm³/mol. The Morgan fingerprint density at radius 2 is 2.26 bits per heavy atom. The molecule has 1 saturated carbocycles. The van der Waals surface area contributed by atoms with Gasteiger partial charge in [-0.15, -0.1) is 0 Å². The monoisotopic (exact) mass is 285 g/mol. The van der Waals surface area contributed by atoms with E-state index in [0.717, 1.165) is 19.3 Å². The lowest BCUT2D eigenvalue weighted by atomic mass is 9.84. The summed E-state index contributed by atoms with van der Waals surface area (Å²) < 4.78 is 4.94. The molecule has 1 aromatic rings. The molecule has 104 valence electrons. The van der Waals surface area contributed by atoms with Gasteiger partial charge in [-0.05, 0) is 12.8 Å². The molecular weight excluding hydrogens is 270 g/mol. The highest BCUT2D eigenvalue weighted by atomic mass is 35.5. The summed E-state index contributed by atoms with van der Waals surface area (Å²) in [4.78, 5) is 19.2.